The topological polar surface area (TPSA) is 65.5 Å². The van der Waals surface area contributed by atoms with Crippen LogP contribution < -0.4 is 16.0 Å². The molecule has 8 heteroatoms. The normalized spacial score (nSPS) is 12.2. The average Bonchev–Trinajstić information content (AvgIpc) is 2.56. The number of hydrogen-bond acceptors (Lipinski definition) is 3. The number of amides is 1. The van der Waals surface area contributed by atoms with E-state index in [1.165, 1.54) is 4.90 Å². The molecule has 0 unspecified atom stereocenters. The third kappa shape index (κ3) is 8.94. The zero-order chi connectivity index (χ0) is 19.1. The second kappa shape index (κ2) is 11.4. The molecule has 3 N–H and O–H groups in total. The van der Waals surface area contributed by atoms with Crippen molar-refractivity contribution < 1.29 is 4.79 Å². The van der Waals surface area contributed by atoms with Gasteiger partial charge in [-0.05, 0) is 52.0 Å². The predicted molar refractivity (Wildman–Crippen MR) is 127 cm³/mol. The largest absolute Gasteiger partial charge is 0.359 e. The number of thioether (sulfide) groups is 1. The van der Waals surface area contributed by atoms with Gasteiger partial charge in [-0.15, -0.1) is 35.7 Å². The van der Waals surface area contributed by atoms with Crippen molar-refractivity contribution in [1.29, 1.82) is 0 Å². The number of nitrogens with zero attached hydrogens (tertiary/aromatic N) is 1. The van der Waals surface area contributed by atoms with Crippen molar-refractivity contribution >= 4 is 63.5 Å². The van der Waals surface area contributed by atoms with Crippen molar-refractivity contribution in [3.05, 3.63) is 28.7 Å². The average molecular weight is 557 g/mol. The third-order valence-corrected chi connectivity index (χ3v) is 5.39. The van der Waals surface area contributed by atoms with Crippen molar-refractivity contribution in [3.8, 4) is 0 Å². The summed E-state index contributed by atoms with van der Waals surface area (Å²) in [6.45, 7) is 9.43. The number of rotatable bonds is 7. The number of halogens is 2. The highest BCUT2D eigenvalue weighted by Gasteiger charge is 2.27. The molecule has 1 rings (SSSR count). The molecule has 0 aliphatic rings. The molecule has 148 valence electrons. The molecule has 5 nitrogen and oxygen atoms in total. The Morgan fingerprint density at radius 1 is 1.12 bits per heavy atom. The summed E-state index contributed by atoms with van der Waals surface area (Å²) in [7, 11) is 3.39. The maximum atomic E-state index is 11.9. The van der Waals surface area contributed by atoms with Crippen LogP contribution in [0.5, 0.6) is 0 Å². The van der Waals surface area contributed by atoms with Crippen LogP contribution in [0.4, 0.5) is 0 Å². The molecule has 0 aliphatic carbocycles. The summed E-state index contributed by atoms with van der Waals surface area (Å²) in [5.74, 6) is 0.697. The Balaban J connectivity index is 0.00000625. The van der Waals surface area contributed by atoms with Crippen LogP contribution in [0.15, 0.2) is 38.6 Å². The highest BCUT2D eigenvalue weighted by molar-refractivity contribution is 14.0. The number of carbonyl (C=O) groups is 1. The predicted octanol–water partition coefficient (Wildman–Crippen LogP) is 3.88. The van der Waals surface area contributed by atoms with E-state index in [-0.39, 0.29) is 34.6 Å². The molecule has 0 atom stereocenters. The van der Waals surface area contributed by atoms with E-state index in [9.17, 15) is 4.79 Å². The van der Waals surface area contributed by atoms with E-state index in [0.29, 0.717) is 12.5 Å². The van der Waals surface area contributed by atoms with Crippen LogP contribution in [0, 0.1) is 5.41 Å². The fourth-order valence-corrected chi connectivity index (χ4v) is 3.42. The summed E-state index contributed by atoms with van der Waals surface area (Å²) in [5.41, 5.74) is -0.506. The lowest BCUT2D eigenvalue weighted by Gasteiger charge is -2.27. The molecule has 1 aromatic carbocycles. The minimum absolute atomic E-state index is 0. The van der Waals surface area contributed by atoms with Gasteiger partial charge in [-0.25, -0.2) is 0 Å². The van der Waals surface area contributed by atoms with Crippen LogP contribution in [0.3, 0.4) is 0 Å². The number of nitrogens with one attached hydrogen (secondary N) is 3. The number of carbonyl (C=O) groups excluding carboxylic acids is 1. The molecule has 0 aliphatic heterocycles. The highest BCUT2D eigenvalue weighted by atomic mass is 127. The van der Waals surface area contributed by atoms with Crippen LogP contribution >= 0.6 is 51.7 Å². The summed E-state index contributed by atoms with van der Waals surface area (Å²) >= 11 is 5.27. The standard InChI is InChI=1S/C18H29BrN4OS.HI/c1-17(2,15(24)20-5)11-22-16(21-6)23-12-18(3,4)25-14-9-7-13(19)8-10-14;/h7-10H,11-12H2,1-6H3,(H,20,24)(H2,21,22,23);1H. The first-order valence-electron chi connectivity index (χ1n) is 8.21. The first-order chi connectivity index (χ1) is 11.6. The van der Waals surface area contributed by atoms with Gasteiger partial charge in [0.25, 0.3) is 0 Å². The van der Waals surface area contributed by atoms with Gasteiger partial charge in [-0.2, -0.15) is 0 Å². The van der Waals surface area contributed by atoms with Gasteiger partial charge in [-0.1, -0.05) is 15.9 Å². The molecule has 1 amide bonds. The monoisotopic (exact) mass is 556 g/mol. The summed E-state index contributed by atoms with van der Waals surface area (Å²) in [6, 6.07) is 8.31. The number of hydrogen-bond donors (Lipinski definition) is 3. The van der Waals surface area contributed by atoms with Gasteiger partial charge in [0.15, 0.2) is 5.96 Å². The van der Waals surface area contributed by atoms with Crippen LogP contribution in [0.2, 0.25) is 0 Å². The minimum Gasteiger partial charge on any atom is -0.359 e. The zero-order valence-electron chi connectivity index (χ0n) is 16.3. The quantitative estimate of drug-likeness (QED) is 0.206. The number of aliphatic imine (C=N–C) groups is 1. The fraction of sp³-hybridized carbons (Fsp3) is 0.556. The van der Waals surface area contributed by atoms with E-state index in [0.717, 1.165) is 11.0 Å². The van der Waals surface area contributed by atoms with Gasteiger partial charge in [-0.3, -0.25) is 9.79 Å². The van der Waals surface area contributed by atoms with Gasteiger partial charge < -0.3 is 16.0 Å². The molecule has 0 aromatic heterocycles. The van der Waals surface area contributed by atoms with Gasteiger partial charge in [0.2, 0.25) is 5.91 Å². The van der Waals surface area contributed by atoms with Crippen molar-refractivity contribution in [2.45, 2.75) is 37.3 Å². The minimum atomic E-state index is -0.506. The molecule has 0 radical (unpaired) electrons. The van der Waals surface area contributed by atoms with E-state index in [1.807, 2.05) is 37.7 Å². The molecule has 0 fully saturated rings. The van der Waals surface area contributed by atoms with Crippen molar-refractivity contribution in [1.82, 2.24) is 16.0 Å². The van der Waals surface area contributed by atoms with E-state index < -0.39 is 5.41 Å². The molecule has 1 aromatic rings. The van der Waals surface area contributed by atoms with Crippen molar-refractivity contribution in [2.75, 3.05) is 27.2 Å². The first kappa shape index (κ1) is 25.5. The van der Waals surface area contributed by atoms with E-state index >= 15 is 0 Å². The lowest BCUT2D eigenvalue weighted by Crippen LogP contribution is -2.49. The molecule has 0 heterocycles. The summed E-state index contributed by atoms with van der Waals surface area (Å²) in [6.07, 6.45) is 0. The lowest BCUT2D eigenvalue weighted by molar-refractivity contribution is -0.128. The number of guanidine groups is 1. The molecule has 0 spiro atoms. The lowest BCUT2D eigenvalue weighted by atomic mass is 9.92. The van der Waals surface area contributed by atoms with Crippen LogP contribution in [-0.2, 0) is 4.79 Å². The Hall–Kier alpha value is -0.480. The van der Waals surface area contributed by atoms with Crippen LogP contribution in [0.1, 0.15) is 27.7 Å². The third-order valence-electron chi connectivity index (χ3n) is 3.65. The van der Waals surface area contributed by atoms with Crippen LogP contribution in [0.25, 0.3) is 0 Å². The Labute approximate surface area is 187 Å². The second-order valence-corrected chi connectivity index (χ2v) is 9.75. The van der Waals surface area contributed by atoms with Crippen molar-refractivity contribution in [3.63, 3.8) is 0 Å². The molecule has 0 saturated heterocycles. The maximum Gasteiger partial charge on any atom is 0.227 e. The first-order valence-corrected chi connectivity index (χ1v) is 9.82. The van der Waals surface area contributed by atoms with Gasteiger partial charge in [0, 0.05) is 41.3 Å². The summed E-state index contributed by atoms with van der Waals surface area (Å²) in [4.78, 5) is 17.3. The molecule has 0 bridgehead atoms. The molecular weight excluding hydrogens is 527 g/mol. The Morgan fingerprint density at radius 2 is 1.65 bits per heavy atom. The fourth-order valence-electron chi connectivity index (χ4n) is 2.10. The highest BCUT2D eigenvalue weighted by Crippen LogP contribution is 2.32. The Kier molecular flexibility index (Phi) is 11.2. The molecule has 0 saturated carbocycles. The Morgan fingerprint density at radius 3 is 2.15 bits per heavy atom. The van der Waals surface area contributed by atoms with Crippen LogP contribution in [-0.4, -0.2) is 43.8 Å². The van der Waals surface area contributed by atoms with Gasteiger partial charge in [0.1, 0.15) is 0 Å². The van der Waals surface area contributed by atoms with Gasteiger partial charge in [0.05, 0.1) is 5.41 Å². The Bertz CT molecular complexity index is 606. The number of benzene rings is 1. The molecule has 26 heavy (non-hydrogen) atoms. The smallest absolute Gasteiger partial charge is 0.227 e. The SMILES string of the molecule is CN=C(NCC(C)(C)Sc1ccc(Br)cc1)NCC(C)(C)C(=O)NC.I. The van der Waals surface area contributed by atoms with Gasteiger partial charge >= 0.3 is 0 Å². The summed E-state index contributed by atoms with van der Waals surface area (Å²) < 4.78 is 1.07. The van der Waals surface area contributed by atoms with Crippen molar-refractivity contribution in [2.24, 2.45) is 10.4 Å². The molecular formula is C18H30BrIN4OS. The van der Waals surface area contributed by atoms with E-state index in [2.05, 4.69) is 62.9 Å². The second-order valence-electron chi connectivity index (χ2n) is 7.06. The summed E-state index contributed by atoms with van der Waals surface area (Å²) in [5, 5.41) is 9.27. The van der Waals surface area contributed by atoms with E-state index in [4.69, 9.17) is 0 Å². The zero-order valence-corrected chi connectivity index (χ0v) is 21.0. The maximum absolute atomic E-state index is 11.9. The van der Waals surface area contributed by atoms with E-state index in [1.54, 1.807) is 14.1 Å².